The van der Waals surface area contributed by atoms with Gasteiger partial charge >= 0.3 is 5.97 Å². The van der Waals surface area contributed by atoms with Gasteiger partial charge in [-0.25, -0.2) is 4.79 Å². The predicted molar refractivity (Wildman–Crippen MR) is 64.7 cm³/mol. The molecule has 0 radical (unpaired) electrons. The average molecular weight is 242 g/mol. The molecule has 1 aliphatic rings. The summed E-state index contributed by atoms with van der Waals surface area (Å²) in [6.45, 7) is 6.07. The Kier molecular flexibility index (Phi) is 4.14. The summed E-state index contributed by atoms with van der Waals surface area (Å²) >= 11 is 0. The van der Waals surface area contributed by atoms with Gasteiger partial charge in [-0.1, -0.05) is 13.8 Å². The minimum absolute atomic E-state index is 0.191. The van der Waals surface area contributed by atoms with Crippen LogP contribution in [0.3, 0.4) is 0 Å². The number of nitrogens with one attached hydrogen (secondary N) is 2. The van der Waals surface area contributed by atoms with E-state index in [1.807, 2.05) is 6.92 Å². The molecular weight excluding hydrogens is 220 g/mol. The largest absolute Gasteiger partial charge is 0.480 e. The fourth-order valence-electron chi connectivity index (χ4n) is 2.13. The summed E-state index contributed by atoms with van der Waals surface area (Å²) in [4.78, 5) is 23.4. The van der Waals surface area contributed by atoms with Gasteiger partial charge in [-0.15, -0.1) is 0 Å². The van der Waals surface area contributed by atoms with Gasteiger partial charge in [0, 0.05) is 0 Å². The number of hydrogen-bond acceptors (Lipinski definition) is 3. The van der Waals surface area contributed by atoms with Gasteiger partial charge in [0.25, 0.3) is 0 Å². The molecule has 0 saturated carbocycles. The molecule has 0 aromatic heterocycles. The maximum atomic E-state index is 12.2. The lowest BCUT2D eigenvalue weighted by Gasteiger charge is -2.32. The van der Waals surface area contributed by atoms with Gasteiger partial charge in [0.2, 0.25) is 5.91 Å². The summed E-state index contributed by atoms with van der Waals surface area (Å²) in [5, 5.41) is 15.0. The first-order valence-corrected chi connectivity index (χ1v) is 6.21. The van der Waals surface area contributed by atoms with E-state index in [4.69, 9.17) is 5.11 Å². The normalized spacial score (nSPS) is 27.5. The third-order valence-electron chi connectivity index (χ3n) is 3.85. The smallest absolute Gasteiger partial charge is 0.329 e. The standard InChI is InChI=1S/C12H22N2O3/c1-4-11(3,10(16)17)14-9(15)12(5-2)7-6-8-13-12/h13H,4-8H2,1-3H3,(H,14,15)(H,16,17). The van der Waals surface area contributed by atoms with Gasteiger partial charge in [0.05, 0.1) is 5.54 Å². The first-order valence-electron chi connectivity index (χ1n) is 6.21. The van der Waals surface area contributed by atoms with Crippen LogP contribution >= 0.6 is 0 Å². The highest BCUT2D eigenvalue weighted by Gasteiger charge is 2.43. The molecule has 0 spiro atoms. The fraction of sp³-hybridized carbons (Fsp3) is 0.833. The fourth-order valence-corrected chi connectivity index (χ4v) is 2.13. The third-order valence-corrected chi connectivity index (χ3v) is 3.85. The van der Waals surface area contributed by atoms with Crippen molar-refractivity contribution in [3.8, 4) is 0 Å². The van der Waals surface area contributed by atoms with Crippen LogP contribution in [0.1, 0.15) is 46.5 Å². The van der Waals surface area contributed by atoms with Crippen molar-refractivity contribution in [1.29, 1.82) is 0 Å². The van der Waals surface area contributed by atoms with Crippen LogP contribution in [0, 0.1) is 0 Å². The number of carboxylic acid groups (broad SMARTS) is 1. The van der Waals surface area contributed by atoms with Crippen molar-refractivity contribution in [2.45, 2.75) is 57.5 Å². The molecule has 0 aromatic rings. The molecule has 0 aliphatic carbocycles. The van der Waals surface area contributed by atoms with E-state index in [-0.39, 0.29) is 5.91 Å². The molecule has 2 atom stereocenters. The van der Waals surface area contributed by atoms with Crippen LogP contribution in [0.15, 0.2) is 0 Å². The highest BCUT2D eigenvalue weighted by molar-refractivity contribution is 5.92. The molecule has 0 aromatic carbocycles. The molecule has 17 heavy (non-hydrogen) atoms. The Morgan fingerprint density at radius 2 is 2.12 bits per heavy atom. The summed E-state index contributed by atoms with van der Waals surface area (Å²) in [6.07, 6.45) is 2.78. The lowest BCUT2D eigenvalue weighted by atomic mass is 9.90. The number of carbonyl (C=O) groups excluding carboxylic acids is 1. The van der Waals surface area contributed by atoms with Crippen molar-refractivity contribution in [3.63, 3.8) is 0 Å². The molecule has 0 bridgehead atoms. The van der Waals surface area contributed by atoms with E-state index in [0.29, 0.717) is 12.8 Å². The number of carboxylic acids is 1. The Bertz CT molecular complexity index is 311. The van der Waals surface area contributed by atoms with Crippen molar-refractivity contribution in [2.75, 3.05) is 6.54 Å². The third kappa shape index (κ3) is 2.60. The van der Waals surface area contributed by atoms with Crippen LogP contribution in [0.4, 0.5) is 0 Å². The van der Waals surface area contributed by atoms with E-state index in [0.717, 1.165) is 19.4 Å². The summed E-state index contributed by atoms with van der Waals surface area (Å²) in [5.41, 5.74) is -1.75. The van der Waals surface area contributed by atoms with E-state index in [1.54, 1.807) is 13.8 Å². The molecule has 5 heteroatoms. The molecular formula is C12H22N2O3. The van der Waals surface area contributed by atoms with E-state index >= 15 is 0 Å². The van der Waals surface area contributed by atoms with Crippen LogP contribution < -0.4 is 10.6 Å². The maximum Gasteiger partial charge on any atom is 0.329 e. The summed E-state index contributed by atoms with van der Waals surface area (Å²) < 4.78 is 0. The molecule has 2 unspecified atom stereocenters. The number of rotatable bonds is 5. The Morgan fingerprint density at radius 3 is 2.47 bits per heavy atom. The Balaban J connectivity index is 2.80. The van der Waals surface area contributed by atoms with Crippen LogP contribution in [-0.4, -0.2) is 34.6 Å². The zero-order valence-electron chi connectivity index (χ0n) is 10.8. The number of amides is 1. The van der Waals surface area contributed by atoms with Crippen LogP contribution in [0.5, 0.6) is 0 Å². The number of hydrogen-bond donors (Lipinski definition) is 3. The SMILES string of the molecule is CCC(C)(NC(=O)C1(CC)CCCN1)C(=O)O. The predicted octanol–water partition coefficient (Wildman–Crippen LogP) is 0.888. The zero-order valence-corrected chi connectivity index (χ0v) is 10.8. The van der Waals surface area contributed by atoms with E-state index in [9.17, 15) is 9.59 Å². The molecule has 1 rings (SSSR count). The molecule has 1 amide bonds. The Morgan fingerprint density at radius 1 is 1.47 bits per heavy atom. The van der Waals surface area contributed by atoms with Gasteiger partial charge in [-0.3, -0.25) is 4.79 Å². The summed E-state index contributed by atoms with van der Waals surface area (Å²) in [7, 11) is 0. The van der Waals surface area contributed by atoms with Crippen LogP contribution in [-0.2, 0) is 9.59 Å². The second kappa shape index (κ2) is 5.04. The molecule has 1 fully saturated rings. The molecule has 5 nitrogen and oxygen atoms in total. The molecule has 1 aliphatic heterocycles. The Labute approximate surface area is 102 Å². The van der Waals surface area contributed by atoms with Crippen molar-refractivity contribution in [3.05, 3.63) is 0 Å². The average Bonchev–Trinajstić information content (AvgIpc) is 2.78. The maximum absolute atomic E-state index is 12.2. The highest BCUT2D eigenvalue weighted by atomic mass is 16.4. The van der Waals surface area contributed by atoms with Gasteiger partial charge in [0.15, 0.2) is 0 Å². The minimum atomic E-state index is -1.18. The molecule has 1 heterocycles. The topological polar surface area (TPSA) is 78.4 Å². The van der Waals surface area contributed by atoms with Gasteiger partial charge in [0.1, 0.15) is 5.54 Å². The van der Waals surface area contributed by atoms with Crippen LogP contribution in [0.2, 0.25) is 0 Å². The van der Waals surface area contributed by atoms with Gasteiger partial charge in [-0.05, 0) is 39.2 Å². The van der Waals surface area contributed by atoms with Crippen molar-refractivity contribution in [1.82, 2.24) is 10.6 Å². The van der Waals surface area contributed by atoms with Gasteiger partial charge in [-0.2, -0.15) is 0 Å². The van der Waals surface area contributed by atoms with Crippen molar-refractivity contribution in [2.24, 2.45) is 0 Å². The number of carbonyl (C=O) groups is 2. The van der Waals surface area contributed by atoms with Gasteiger partial charge < -0.3 is 15.7 Å². The van der Waals surface area contributed by atoms with Crippen molar-refractivity contribution >= 4 is 11.9 Å². The first-order chi connectivity index (χ1) is 7.90. The molecule has 98 valence electrons. The summed E-state index contributed by atoms with van der Waals surface area (Å²) in [5.74, 6) is -1.18. The van der Waals surface area contributed by atoms with E-state index < -0.39 is 17.0 Å². The lowest BCUT2D eigenvalue weighted by Crippen LogP contribution is -2.61. The second-order valence-electron chi connectivity index (χ2n) is 4.91. The minimum Gasteiger partial charge on any atom is -0.480 e. The molecule has 1 saturated heterocycles. The monoisotopic (exact) mass is 242 g/mol. The lowest BCUT2D eigenvalue weighted by molar-refractivity contribution is -0.148. The van der Waals surface area contributed by atoms with E-state index in [1.165, 1.54) is 0 Å². The summed E-state index contributed by atoms with van der Waals surface area (Å²) in [6, 6.07) is 0. The molecule has 3 N–H and O–H groups in total. The quantitative estimate of drug-likeness (QED) is 0.669. The Hall–Kier alpha value is -1.10. The zero-order chi connectivity index (χ0) is 13.1. The first kappa shape index (κ1) is 14.0. The second-order valence-corrected chi connectivity index (χ2v) is 4.91. The number of aliphatic carboxylic acids is 1. The van der Waals surface area contributed by atoms with Crippen molar-refractivity contribution < 1.29 is 14.7 Å². The highest BCUT2D eigenvalue weighted by Crippen LogP contribution is 2.24. The van der Waals surface area contributed by atoms with Crippen LogP contribution in [0.25, 0.3) is 0 Å². The van der Waals surface area contributed by atoms with E-state index in [2.05, 4.69) is 10.6 Å².